The number of methoxy groups -OCH3 is 3. The molecule has 0 aromatic rings. The second-order valence-corrected chi connectivity index (χ2v) is 19.0. The fourth-order valence-electron chi connectivity index (χ4n) is 10.7. The molecule has 2 bridgehead atoms. The maximum absolute atomic E-state index is 14.4. The Morgan fingerprint density at radius 1 is 0.823 bits per heavy atom. The van der Waals surface area contributed by atoms with Crippen LogP contribution in [-0.2, 0) is 56.9 Å². The molecule has 14 heteroatoms. The third kappa shape index (κ3) is 9.64. The van der Waals surface area contributed by atoms with Crippen LogP contribution in [0.2, 0.25) is 0 Å². The molecule has 62 heavy (non-hydrogen) atoms. The van der Waals surface area contributed by atoms with Gasteiger partial charge in [0.2, 0.25) is 0 Å². The summed E-state index contributed by atoms with van der Waals surface area (Å²) >= 11 is 0. The number of hydrogen-bond acceptors (Lipinski definition) is 14. The van der Waals surface area contributed by atoms with Crippen molar-refractivity contribution in [2.45, 2.75) is 185 Å². The van der Waals surface area contributed by atoms with Crippen molar-refractivity contribution in [2.24, 2.45) is 23.7 Å². The maximum Gasteiger partial charge on any atom is 0.316 e. The number of hydrogen-bond donors (Lipinski definition) is 2. The van der Waals surface area contributed by atoms with Crippen molar-refractivity contribution in [3.8, 4) is 0 Å². The van der Waals surface area contributed by atoms with Crippen LogP contribution in [0.3, 0.4) is 0 Å². The molecule has 6 aliphatic heterocycles. The summed E-state index contributed by atoms with van der Waals surface area (Å²) in [6, 6.07) is 0. The fraction of sp³-hybridized carbons (Fsp3) is 0.771. The number of carbonyl (C=O) groups is 1. The minimum atomic E-state index is -1.71. The summed E-state index contributed by atoms with van der Waals surface area (Å²) in [4.78, 5) is 14.4. The van der Waals surface area contributed by atoms with E-state index in [1.165, 1.54) is 0 Å². The summed E-state index contributed by atoms with van der Waals surface area (Å²) in [6.45, 7) is 16.3. The molecule has 4 fully saturated rings. The minimum absolute atomic E-state index is 0.0944. The first-order valence-corrected chi connectivity index (χ1v) is 22.7. The first-order chi connectivity index (χ1) is 29.5. The number of fused-ring (bicyclic) bond motifs is 2. The van der Waals surface area contributed by atoms with E-state index in [-0.39, 0.29) is 42.7 Å². The topological polar surface area (TPSA) is 159 Å². The Balaban J connectivity index is 1.19. The lowest BCUT2D eigenvalue weighted by molar-refractivity contribution is -0.318. The highest BCUT2D eigenvalue weighted by Gasteiger charge is 2.60. The molecule has 0 aromatic heterocycles. The summed E-state index contributed by atoms with van der Waals surface area (Å²) in [6.07, 6.45) is 8.94. The average Bonchev–Trinajstić information content (AvgIpc) is 3.56. The Hall–Kier alpha value is -2.31. The van der Waals surface area contributed by atoms with Crippen LogP contribution in [-0.4, -0.2) is 141 Å². The highest BCUT2D eigenvalue weighted by atomic mass is 16.7. The number of allylic oxidation sites excluding steroid dienone is 2. The number of carbonyl (C=O) groups excluding carboxylic acids is 1. The predicted octanol–water partition coefficient (Wildman–Crippen LogP) is 5.64. The van der Waals surface area contributed by atoms with Crippen molar-refractivity contribution in [1.29, 1.82) is 0 Å². The van der Waals surface area contributed by atoms with E-state index < -0.39 is 90.8 Å². The van der Waals surface area contributed by atoms with Gasteiger partial charge in [0.15, 0.2) is 18.4 Å². The van der Waals surface area contributed by atoms with Crippen LogP contribution in [0, 0.1) is 23.7 Å². The molecule has 1 aliphatic carbocycles. The van der Waals surface area contributed by atoms with Crippen LogP contribution in [0.4, 0.5) is 0 Å². The van der Waals surface area contributed by atoms with E-state index in [2.05, 4.69) is 46.8 Å². The molecule has 0 aromatic carbocycles. The van der Waals surface area contributed by atoms with Gasteiger partial charge in [0.1, 0.15) is 42.0 Å². The van der Waals surface area contributed by atoms with Crippen molar-refractivity contribution in [3.05, 3.63) is 59.3 Å². The monoisotopic (exact) mass is 872 g/mol. The smallest absolute Gasteiger partial charge is 0.316 e. The quantitative estimate of drug-likeness (QED) is 0.228. The lowest BCUT2D eigenvalue weighted by Gasteiger charge is -2.48. The highest BCUT2D eigenvalue weighted by Crippen LogP contribution is 2.47. The number of esters is 1. The Labute approximate surface area is 367 Å². The second-order valence-electron chi connectivity index (χ2n) is 19.0. The average molecular weight is 873 g/mol. The van der Waals surface area contributed by atoms with Gasteiger partial charge in [-0.15, -0.1) is 0 Å². The molecule has 19 atom stereocenters. The van der Waals surface area contributed by atoms with Gasteiger partial charge in [-0.3, -0.25) is 4.79 Å². The van der Waals surface area contributed by atoms with Gasteiger partial charge in [-0.1, -0.05) is 64.2 Å². The standard InChI is InChI=1S/C48H72O14/c1-25(2)41-28(5)17-18-47(62-41)23-34-20-33(61-47)16-15-27(4)42(59-39-22-37(53-10)44(31(8)57-39)60-38-21-36(52-9)40(49)30(7)56-38)26(3)13-12-14-32-24-55-45-43(54-11)29(6)19-35(46(50)58-34)48(32,45)51/h12-15,17-19,25-26,28,30-31,33-45,49,51H,16,20-24H2,1-11H3. The van der Waals surface area contributed by atoms with E-state index >= 15 is 0 Å². The molecule has 19 unspecified atom stereocenters. The normalized spacial score (nSPS) is 46.5. The molecule has 0 radical (unpaired) electrons. The van der Waals surface area contributed by atoms with E-state index in [1.54, 1.807) is 34.3 Å². The zero-order valence-corrected chi connectivity index (χ0v) is 38.5. The predicted molar refractivity (Wildman–Crippen MR) is 227 cm³/mol. The summed E-state index contributed by atoms with van der Waals surface area (Å²) in [5.41, 5.74) is 0.622. The van der Waals surface area contributed by atoms with E-state index in [0.717, 1.165) is 11.1 Å². The molecule has 4 saturated heterocycles. The molecule has 0 amide bonds. The highest BCUT2D eigenvalue weighted by molar-refractivity contribution is 5.78. The van der Waals surface area contributed by atoms with Crippen molar-refractivity contribution in [3.63, 3.8) is 0 Å². The molecular weight excluding hydrogens is 801 g/mol. The third-order valence-corrected chi connectivity index (χ3v) is 14.2. The molecule has 1 spiro atoms. The van der Waals surface area contributed by atoms with Crippen molar-refractivity contribution >= 4 is 5.97 Å². The molecule has 7 aliphatic rings. The molecule has 348 valence electrons. The summed E-state index contributed by atoms with van der Waals surface area (Å²) in [5.74, 6) is -2.41. The van der Waals surface area contributed by atoms with Gasteiger partial charge in [-0.2, -0.15) is 0 Å². The molecular formula is C48H72O14. The van der Waals surface area contributed by atoms with Gasteiger partial charge in [0.05, 0.1) is 49.3 Å². The van der Waals surface area contributed by atoms with Crippen LogP contribution in [0.1, 0.15) is 87.5 Å². The van der Waals surface area contributed by atoms with Gasteiger partial charge in [-0.25, -0.2) is 0 Å². The van der Waals surface area contributed by atoms with Gasteiger partial charge < -0.3 is 62.3 Å². The first kappa shape index (κ1) is 47.6. The van der Waals surface area contributed by atoms with Crippen molar-refractivity contribution in [1.82, 2.24) is 0 Å². The lowest BCUT2D eigenvalue weighted by Crippen LogP contribution is -2.58. The Morgan fingerprint density at radius 2 is 1.53 bits per heavy atom. The third-order valence-electron chi connectivity index (χ3n) is 14.2. The molecule has 7 rings (SSSR count). The van der Waals surface area contributed by atoms with Crippen LogP contribution in [0.15, 0.2) is 59.3 Å². The van der Waals surface area contributed by atoms with Gasteiger partial charge >= 0.3 is 5.97 Å². The summed E-state index contributed by atoms with van der Waals surface area (Å²) < 4.78 is 69.7. The molecule has 6 heterocycles. The van der Waals surface area contributed by atoms with E-state index in [1.807, 2.05) is 38.2 Å². The molecule has 0 saturated carbocycles. The zero-order valence-electron chi connectivity index (χ0n) is 38.5. The zero-order chi connectivity index (χ0) is 44.7. The number of aliphatic hydroxyl groups is 2. The van der Waals surface area contributed by atoms with Crippen LogP contribution >= 0.6 is 0 Å². The second kappa shape index (κ2) is 19.7. The van der Waals surface area contributed by atoms with Gasteiger partial charge in [0, 0.05) is 58.8 Å². The van der Waals surface area contributed by atoms with E-state index in [4.69, 9.17) is 52.1 Å². The number of ether oxygens (including phenoxy) is 11. The van der Waals surface area contributed by atoms with Crippen LogP contribution in [0.5, 0.6) is 0 Å². The Bertz CT molecular complexity index is 1720. The largest absolute Gasteiger partial charge is 0.462 e. The van der Waals surface area contributed by atoms with Gasteiger partial charge in [-0.05, 0) is 62.8 Å². The maximum atomic E-state index is 14.4. The van der Waals surface area contributed by atoms with Crippen molar-refractivity contribution < 1.29 is 67.1 Å². The molecule has 2 N–H and O–H groups in total. The number of aliphatic hydroxyl groups excluding tert-OH is 1. The van der Waals surface area contributed by atoms with E-state index in [0.29, 0.717) is 37.7 Å². The van der Waals surface area contributed by atoms with Gasteiger partial charge in [0.25, 0.3) is 0 Å². The van der Waals surface area contributed by atoms with E-state index in [9.17, 15) is 15.0 Å². The first-order valence-electron chi connectivity index (χ1n) is 22.7. The Morgan fingerprint density at radius 3 is 2.24 bits per heavy atom. The van der Waals surface area contributed by atoms with Crippen LogP contribution in [0.25, 0.3) is 0 Å². The SMILES string of the molecule is COC1CC(OC2C(C)OC(OC3C(C)=CCC4CC(CC5(C=CC(C)C(C(C)C)O5)O4)OC(=O)C4C=C(C)C(OC)C5OCC(=CC=CC3C)C45O)CC2OC)OC(C)C1O. The Kier molecular flexibility index (Phi) is 15.1. The molecule has 14 nitrogen and oxygen atoms in total. The minimum Gasteiger partial charge on any atom is -0.462 e. The van der Waals surface area contributed by atoms with Crippen molar-refractivity contribution in [2.75, 3.05) is 27.9 Å². The lowest BCUT2D eigenvalue weighted by atomic mass is 9.70. The summed E-state index contributed by atoms with van der Waals surface area (Å²) in [7, 11) is 4.82. The number of rotatable bonds is 8. The fourth-order valence-corrected chi connectivity index (χ4v) is 10.7. The van der Waals surface area contributed by atoms with Crippen LogP contribution < -0.4 is 0 Å². The summed E-state index contributed by atoms with van der Waals surface area (Å²) in [5, 5.41) is 23.2.